The van der Waals surface area contributed by atoms with Crippen LogP contribution in [0.4, 0.5) is 5.82 Å². The Morgan fingerprint density at radius 3 is 2.48 bits per heavy atom. The number of pyridine rings is 1. The molecule has 2 rings (SSSR count). The molecule has 0 saturated carbocycles. The second-order valence-electron chi connectivity index (χ2n) is 4.39. The molecule has 11 heteroatoms. The van der Waals surface area contributed by atoms with Crippen molar-refractivity contribution in [3.05, 3.63) is 36.3 Å². The molecule has 2 heterocycles. The number of nitrogens with two attached hydrogens (primary N) is 2. The van der Waals surface area contributed by atoms with E-state index in [-0.39, 0.29) is 17.9 Å². The third kappa shape index (κ3) is 3.53. The highest BCUT2D eigenvalue weighted by molar-refractivity contribution is 7.87. The molecule has 0 aromatic carbocycles. The highest BCUT2D eigenvalue weighted by Crippen LogP contribution is 2.25. The first kappa shape index (κ1) is 16.6. The van der Waals surface area contributed by atoms with Crippen LogP contribution in [0.15, 0.2) is 30.6 Å². The van der Waals surface area contributed by atoms with Crippen molar-refractivity contribution in [2.45, 2.75) is 0 Å². The standard InChI is InChI=1S/C12H13N5O5S/c13-5-10(18)16-9-2-1-7(6-15-9)8-3-4-17(23(14,21)22)11(8)12(19)20/h1-4,6H,5,13H2,(H,19,20)(H2,14,21,22)(H,15,16,18)/p-1. The highest BCUT2D eigenvalue weighted by Gasteiger charge is 2.18. The lowest BCUT2D eigenvalue weighted by molar-refractivity contribution is -0.255. The van der Waals surface area contributed by atoms with Crippen LogP contribution in [0.5, 0.6) is 0 Å². The van der Waals surface area contributed by atoms with Crippen LogP contribution in [0, 0.1) is 0 Å². The lowest BCUT2D eigenvalue weighted by Gasteiger charge is -2.10. The number of amides is 1. The van der Waals surface area contributed by atoms with Crippen LogP contribution in [-0.4, -0.2) is 35.8 Å². The van der Waals surface area contributed by atoms with Gasteiger partial charge in [-0.3, -0.25) is 4.79 Å². The van der Waals surface area contributed by atoms with Crippen LogP contribution in [-0.2, 0) is 15.0 Å². The van der Waals surface area contributed by atoms with E-state index in [0.29, 0.717) is 9.54 Å². The third-order valence-corrected chi connectivity index (χ3v) is 3.70. The minimum Gasteiger partial charge on any atom is -0.543 e. The lowest BCUT2D eigenvalue weighted by Crippen LogP contribution is -2.31. The van der Waals surface area contributed by atoms with Crippen molar-refractivity contribution in [3.63, 3.8) is 0 Å². The molecule has 0 bridgehead atoms. The quantitative estimate of drug-likeness (QED) is 0.557. The molecule has 2 aromatic rings. The van der Waals surface area contributed by atoms with Gasteiger partial charge in [0.2, 0.25) is 5.91 Å². The van der Waals surface area contributed by atoms with Gasteiger partial charge in [-0.2, -0.15) is 8.42 Å². The summed E-state index contributed by atoms with van der Waals surface area (Å²) in [5, 5.41) is 18.6. The van der Waals surface area contributed by atoms with Gasteiger partial charge in [0.15, 0.2) is 0 Å². The lowest BCUT2D eigenvalue weighted by atomic mass is 10.1. The molecule has 0 spiro atoms. The average molecular weight is 338 g/mol. The molecule has 1 amide bonds. The van der Waals surface area contributed by atoms with Crippen LogP contribution in [0.25, 0.3) is 11.1 Å². The van der Waals surface area contributed by atoms with Crippen LogP contribution in [0.1, 0.15) is 10.5 Å². The second kappa shape index (κ2) is 6.16. The fourth-order valence-corrected chi connectivity index (χ4v) is 2.54. The van der Waals surface area contributed by atoms with Crippen molar-refractivity contribution in [2.75, 3.05) is 11.9 Å². The fourth-order valence-electron chi connectivity index (χ4n) is 1.88. The monoisotopic (exact) mass is 338 g/mol. The smallest absolute Gasteiger partial charge is 0.302 e. The van der Waals surface area contributed by atoms with Crippen molar-refractivity contribution >= 4 is 27.9 Å². The van der Waals surface area contributed by atoms with Crippen molar-refractivity contribution in [1.29, 1.82) is 0 Å². The van der Waals surface area contributed by atoms with Gasteiger partial charge in [0.25, 0.3) is 0 Å². The average Bonchev–Trinajstić information content (AvgIpc) is 2.93. The van der Waals surface area contributed by atoms with E-state index in [2.05, 4.69) is 10.3 Å². The van der Waals surface area contributed by atoms with E-state index in [1.807, 2.05) is 0 Å². The largest absolute Gasteiger partial charge is 0.543 e. The minimum absolute atomic E-state index is 0.0585. The highest BCUT2D eigenvalue weighted by atomic mass is 32.2. The zero-order chi connectivity index (χ0) is 17.2. The predicted octanol–water partition coefficient (Wildman–Crippen LogP) is -2.14. The van der Waals surface area contributed by atoms with Gasteiger partial charge in [-0.15, -0.1) is 0 Å². The first-order valence-corrected chi connectivity index (χ1v) is 7.66. The van der Waals surface area contributed by atoms with Crippen LogP contribution in [0.2, 0.25) is 0 Å². The summed E-state index contributed by atoms with van der Waals surface area (Å²) in [7, 11) is -4.29. The van der Waals surface area contributed by atoms with Gasteiger partial charge >= 0.3 is 10.2 Å². The van der Waals surface area contributed by atoms with E-state index in [9.17, 15) is 23.1 Å². The topological polar surface area (TPSA) is 173 Å². The van der Waals surface area contributed by atoms with E-state index in [0.717, 1.165) is 6.20 Å². The van der Waals surface area contributed by atoms with Crippen molar-refractivity contribution in [2.24, 2.45) is 10.9 Å². The molecule has 122 valence electrons. The summed E-state index contributed by atoms with van der Waals surface area (Å²) in [5.74, 6) is -1.94. The van der Waals surface area contributed by atoms with Crippen LogP contribution in [0.3, 0.4) is 0 Å². The number of carbonyl (C=O) groups is 2. The van der Waals surface area contributed by atoms with E-state index < -0.39 is 27.8 Å². The van der Waals surface area contributed by atoms with Crippen molar-refractivity contribution in [3.8, 4) is 11.1 Å². The number of carboxylic acid groups (broad SMARTS) is 1. The van der Waals surface area contributed by atoms with Gasteiger partial charge in [0.1, 0.15) is 5.82 Å². The van der Waals surface area contributed by atoms with Crippen LogP contribution < -0.4 is 21.3 Å². The number of carboxylic acids is 1. The van der Waals surface area contributed by atoms with Crippen LogP contribution >= 0.6 is 0 Å². The molecule has 5 N–H and O–H groups in total. The molecule has 0 aliphatic carbocycles. The van der Waals surface area contributed by atoms with Gasteiger partial charge in [0, 0.05) is 23.5 Å². The maximum absolute atomic E-state index is 11.4. The molecular weight excluding hydrogens is 326 g/mol. The molecule has 0 saturated heterocycles. The summed E-state index contributed by atoms with van der Waals surface area (Å²) in [6.45, 7) is -0.213. The Morgan fingerprint density at radius 2 is 2.00 bits per heavy atom. The van der Waals surface area contributed by atoms with Gasteiger partial charge in [-0.25, -0.2) is 14.1 Å². The molecule has 0 radical (unpaired) electrons. The Labute approximate surface area is 130 Å². The number of aromatic nitrogens is 2. The molecule has 23 heavy (non-hydrogen) atoms. The maximum Gasteiger partial charge on any atom is 0.302 e. The maximum atomic E-state index is 11.4. The molecule has 2 aromatic heterocycles. The Morgan fingerprint density at radius 1 is 1.30 bits per heavy atom. The first-order chi connectivity index (χ1) is 10.7. The molecular formula is C12H12N5O5S-. The summed E-state index contributed by atoms with van der Waals surface area (Å²) in [4.78, 5) is 26.3. The number of hydrogen-bond donors (Lipinski definition) is 3. The number of hydrogen-bond acceptors (Lipinski definition) is 7. The normalized spacial score (nSPS) is 11.2. The summed E-state index contributed by atoms with van der Waals surface area (Å²) >= 11 is 0. The van der Waals surface area contributed by atoms with E-state index in [1.54, 1.807) is 0 Å². The van der Waals surface area contributed by atoms with E-state index in [1.165, 1.54) is 24.4 Å². The molecule has 0 aliphatic rings. The zero-order valence-electron chi connectivity index (χ0n) is 11.6. The number of nitrogens with one attached hydrogen (secondary N) is 1. The molecule has 0 fully saturated rings. The first-order valence-electron chi connectivity index (χ1n) is 6.16. The summed E-state index contributed by atoms with van der Waals surface area (Å²) < 4.78 is 23.2. The second-order valence-corrected chi connectivity index (χ2v) is 5.81. The third-order valence-electron chi connectivity index (χ3n) is 2.85. The molecule has 0 atom stereocenters. The summed E-state index contributed by atoms with van der Waals surface area (Å²) in [6, 6.07) is 4.12. The van der Waals surface area contributed by atoms with Gasteiger partial charge in [-0.1, -0.05) is 0 Å². The SMILES string of the molecule is NCC(=O)Nc1ccc(-c2ccn(S(N)(=O)=O)c2C(=O)[O-])cn1. The number of nitrogens with zero attached hydrogens (tertiary/aromatic N) is 2. The number of carbonyl (C=O) groups excluding carboxylic acids is 2. The number of aromatic carboxylic acids is 1. The Kier molecular flexibility index (Phi) is 4.45. The van der Waals surface area contributed by atoms with E-state index in [4.69, 9.17) is 10.9 Å². The fraction of sp³-hybridized carbons (Fsp3) is 0.0833. The summed E-state index contributed by atoms with van der Waals surface area (Å²) in [5.41, 5.74) is 4.90. The Bertz CT molecular complexity index is 856. The van der Waals surface area contributed by atoms with E-state index >= 15 is 0 Å². The van der Waals surface area contributed by atoms with Crippen molar-refractivity contribution in [1.82, 2.24) is 8.96 Å². The molecule has 0 unspecified atom stereocenters. The van der Waals surface area contributed by atoms with Gasteiger partial charge in [0.05, 0.1) is 18.2 Å². The number of anilines is 1. The Balaban J connectivity index is 2.45. The predicted molar refractivity (Wildman–Crippen MR) is 78.2 cm³/mol. The summed E-state index contributed by atoms with van der Waals surface area (Å²) in [6.07, 6.45) is 2.27. The molecule has 10 nitrogen and oxygen atoms in total. The zero-order valence-corrected chi connectivity index (χ0v) is 12.4. The van der Waals surface area contributed by atoms with Crippen molar-refractivity contribution < 1.29 is 23.1 Å². The number of rotatable bonds is 5. The Hall–Kier alpha value is -2.76. The van der Waals surface area contributed by atoms with Gasteiger partial charge in [-0.05, 0) is 18.2 Å². The minimum atomic E-state index is -4.29. The molecule has 0 aliphatic heterocycles. The van der Waals surface area contributed by atoms with Gasteiger partial charge < -0.3 is 21.0 Å².